The van der Waals surface area contributed by atoms with Gasteiger partial charge in [0.25, 0.3) is 0 Å². The van der Waals surface area contributed by atoms with E-state index in [4.69, 9.17) is 14.6 Å². The van der Waals surface area contributed by atoms with Crippen molar-refractivity contribution in [2.24, 2.45) is 5.73 Å². The molecule has 2 aromatic heterocycles. The first-order valence-electron chi connectivity index (χ1n) is 5.70. The molecule has 0 aliphatic carbocycles. The minimum absolute atomic E-state index is 0.0124. The summed E-state index contributed by atoms with van der Waals surface area (Å²) in [5, 5.41) is 0.415. The zero-order valence-electron chi connectivity index (χ0n) is 9.75. The zero-order valence-corrected chi connectivity index (χ0v) is 9.75. The lowest BCUT2D eigenvalue weighted by molar-refractivity contribution is -0.135. The summed E-state index contributed by atoms with van der Waals surface area (Å²) in [7, 11) is 0. The highest BCUT2D eigenvalue weighted by Crippen LogP contribution is 2.43. The van der Waals surface area contributed by atoms with Crippen LogP contribution in [0.4, 0.5) is 13.2 Å². The third-order valence-corrected chi connectivity index (χ3v) is 3.10. The minimum atomic E-state index is -4.50. The van der Waals surface area contributed by atoms with Crippen molar-refractivity contribution in [3.63, 3.8) is 0 Å². The fourth-order valence-electron chi connectivity index (χ4n) is 2.40. The standard InChI is InChI=1S/C13H10F3NO2/c14-13(15,16)10-9-3-6-18-11(9)7(1-4-17)8-2-5-19-12(8)10/h2-3,5-6H,1,4,17H2. The summed E-state index contributed by atoms with van der Waals surface area (Å²) in [5.74, 6) is 0. The summed E-state index contributed by atoms with van der Waals surface area (Å²) in [5.41, 5.74) is 5.43. The second kappa shape index (κ2) is 4.03. The average molecular weight is 269 g/mol. The van der Waals surface area contributed by atoms with Crippen LogP contribution < -0.4 is 5.73 Å². The molecule has 0 atom stereocenters. The van der Waals surface area contributed by atoms with Gasteiger partial charge in [0.1, 0.15) is 16.7 Å². The van der Waals surface area contributed by atoms with Crippen molar-refractivity contribution in [1.29, 1.82) is 0 Å². The highest BCUT2D eigenvalue weighted by Gasteiger charge is 2.38. The normalized spacial score (nSPS) is 12.6. The highest BCUT2D eigenvalue weighted by molar-refractivity contribution is 6.01. The maximum atomic E-state index is 13.2. The van der Waals surface area contributed by atoms with Gasteiger partial charge in [-0.3, -0.25) is 0 Å². The number of hydrogen-bond acceptors (Lipinski definition) is 3. The van der Waals surface area contributed by atoms with Crippen LogP contribution >= 0.6 is 0 Å². The van der Waals surface area contributed by atoms with Crippen LogP contribution in [0.2, 0.25) is 0 Å². The molecule has 3 rings (SSSR count). The predicted octanol–water partition coefficient (Wildman–Crippen LogP) is 3.70. The third kappa shape index (κ3) is 1.71. The number of nitrogens with two attached hydrogens (primary N) is 1. The number of fused-ring (bicyclic) bond motifs is 2. The fraction of sp³-hybridized carbons (Fsp3) is 0.231. The Morgan fingerprint density at radius 2 is 1.63 bits per heavy atom. The molecule has 0 bridgehead atoms. The first-order valence-corrected chi connectivity index (χ1v) is 5.70. The molecular formula is C13H10F3NO2. The van der Waals surface area contributed by atoms with Crippen molar-refractivity contribution in [3.8, 4) is 0 Å². The molecule has 1 aromatic carbocycles. The van der Waals surface area contributed by atoms with Crippen LogP contribution in [0.5, 0.6) is 0 Å². The lowest BCUT2D eigenvalue weighted by atomic mass is 9.99. The first-order chi connectivity index (χ1) is 9.04. The molecule has 0 saturated carbocycles. The Balaban J connectivity index is 2.50. The van der Waals surface area contributed by atoms with Gasteiger partial charge >= 0.3 is 6.18 Å². The van der Waals surface area contributed by atoms with E-state index < -0.39 is 11.7 Å². The second-order valence-corrected chi connectivity index (χ2v) is 4.22. The Bertz CT molecular complexity index is 688. The molecule has 3 aromatic rings. The SMILES string of the molecule is NCCc1c2ccoc2c(C(F)(F)F)c2ccoc12. The summed E-state index contributed by atoms with van der Waals surface area (Å²) in [4.78, 5) is 0. The summed E-state index contributed by atoms with van der Waals surface area (Å²) in [6.45, 7) is 0.321. The van der Waals surface area contributed by atoms with Crippen LogP contribution in [0, 0.1) is 0 Å². The molecule has 0 saturated heterocycles. The van der Waals surface area contributed by atoms with Gasteiger partial charge in [-0.05, 0) is 25.1 Å². The van der Waals surface area contributed by atoms with E-state index in [1.807, 2.05) is 0 Å². The van der Waals surface area contributed by atoms with Crippen molar-refractivity contribution < 1.29 is 22.0 Å². The Hall–Kier alpha value is -1.95. The number of alkyl halides is 3. The summed E-state index contributed by atoms with van der Waals surface area (Å²) in [6, 6.07) is 2.82. The Morgan fingerprint density at radius 1 is 1.00 bits per heavy atom. The van der Waals surface area contributed by atoms with Crippen molar-refractivity contribution in [1.82, 2.24) is 0 Å². The van der Waals surface area contributed by atoms with Gasteiger partial charge in [0.15, 0.2) is 0 Å². The molecule has 6 heteroatoms. The van der Waals surface area contributed by atoms with E-state index in [-0.39, 0.29) is 16.6 Å². The Kier molecular flexibility index (Phi) is 2.56. The molecule has 0 fully saturated rings. The van der Waals surface area contributed by atoms with Gasteiger partial charge in [0.05, 0.1) is 12.5 Å². The van der Waals surface area contributed by atoms with E-state index in [1.54, 1.807) is 0 Å². The molecule has 2 heterocycles. The molecule has 0 unspecified atom stereocenters. The Morgan fingerprint density at radius 3 is 2.26 bits per heavy atom. The molecule has 0 amide bonds. The Labute approximate surface area is 105 Å². The van der Waals surface area contributed by atoms with Gasteiger partial charge in [-0.25, -0.2) is 0 Å². The van der Waals surface area contributed by atoms with Crippen LogP contribution in [0.1, 0.15) is 11.1 Å². The molecule has 3 nitrogen and oxygen atoms in total. The summed E-state index contributed by atoms with van der Waals surface area (Å²) < 4.78 is 49.8. The molecule has 0 aliphatic heterocycles. The largest absolute Gasteiger partial charge is 0.464 e. The second-order valence-electron chi connectivity index (χ2n) is 4.22. The third-order valence-electron chi connectivity index (χ3n) is 3.10. The molecule has 19 heavy (non-hydrogen) atoms. The maximum absolute atomic E-state index is 13.2. The van der Waals surface area contributed by atoms with E-state index in [2.05, 4.69) is 0 Å². The predicted molar refractivity (Wildman–Crippen MR) is 63.7 cm³/mol. The van der Waals surface area contributed by atoms with Crippen molar-refractivity contribution in [2.75, 3.05) is 6.54 Å². The zero-order chi connectivity index (χ0) is 13.6. The number of furan rings is 2. The summed E-state index contributed by atoms with van der Waals surface area (Å²) in [6.07, 6.45) is -1.57. The van der Waals surface area contributed by atoms with Gasteiger partial charge in [-0.1, -0.05) is 0 Å². The average Bonchev–Trinajstić information content (AvgIpc) is 2.94. The van der Waals surface area contributed by atoms with Crippen LogP contribution in [0.25, 0.3) is 21.9 Å². The van der Waals surface area contributed by atoms with Crippen LogP contribution in [-0.2, 0) is 12.6 Å². The maximum Gasteiger partial charge on any atom is 0.420 e. The van der Waals surface area contributed by atoms with Gasteiger partial charge in [0.2, 0.25) is 0 Å². The topological polar surface area (TPSA) is 52.3 Å². The monoisotopic (exact) mass is 269 g/mol. The van der Waals surface area contributed by atoms with E-state index >= 15 is 0 Å². The molecule has 0 spiro atoms. The molecule has 0 radical (unpaired) electrons. The minimum Gasteiger partial charge on any atom is -0.464 e. The van der Waals surface area contributed by atoms with Gasteiger partial charge in [-0.2, -0.15) is 13.2 Å². The van der Waals surface area contributed by atoms with Crippen LogP contribution in [0.15, 0.2) is 33.5 Å². The van der Waals surface area contributed by atoms with Crippen molar-refractivity contribution in [3.05, 3.63) is 35.8 Å². The van der Waals surface area contributed by atoms with Crippen molar-refractivity contribution in [2.45, 2.75) is 12.6 Å². The first kappa shape index (κ1) is 12.1. The number of rotatable bonds is 2. The van der Waals surface area contributed by atoms with E-state index in [0.717, 1.165) is 0 Å². The molecule has 100 valence electrons. The lowest BCUT2D eigenvalue weighted by Crippen LogP contribution is -2.08. The summed E-state index contributed by atoms with van der Waals surface area (Å²) >= 11 is 0. The number of benzene rings is 1. The molecule has 2 N–H and O–H groups in total. The van der Waals surface area contributed by atoms with E-state index in [9.17, 15) is 13.2 Å². The fourth-order valence-corrected chi connectivity index (χ4v) is 2.40. The smallest absolute Gasteiger partial charge is 0.420 e. The van der Waals surface area contributed by atoms with Crippen LogP contribution in [-0.4, -0.2) is 6.54 Å². The van der Waals surface area contributed by atoms with Gasteiger partial charge < -0.3 is 14.6 Å². The van der Waals surface area contributed by atoms with Gasteiger partial charge in [0, 0.05) is 16.3 Å². The van der Waals surface area contributed by atoms with E-state index in [1.165, 1.54) is 24.7 Å². The van der Waals surface area contributed by atoms with Crippen LogP contribution in [0.3, 0.4) is 0 Å². The van der Waals surface area contributed by atoms with E-state index in [0.29, 0.717) is 23.9 Å². The number of halogens is 3. The molecular weight excluding hydrogens is 259 g/mol. The quantitative estimate of drug-likeness (QED) is 0.771. The van der Waals surface area contributed by atoms with Crippen molar-refractivity contribution >= 4 is 21.9 Å². The van der Waals surface area contributed by atoms with Gasteiger partial charge in [-0.15, -0.1) is 0 Å². The number of hydrogen-bond donors (Lipinski definition) is 1. The molecule has 0 aliphatic rings. The lowest BCUT2D eigenvalue weighted by Gasteiger charge is -2.11. The highest BCUT2D eigenvalue weighted by atomic mass is 19.4.